The molecule has 0 saturated heterocycles. The second-order valence-corrected chi connectivity index (χ2v) is 7.80. The highest BCUT2D eigenvalue weighted by atomic mass is 35.5. The Morgan fingerprint density at radius 3 is 2.60 bits per heavy atom. The molecule has 6 nitrogen and oxygen atoms in total. The summed E-state index contributed by atoms with van der Waals surface area (Å²) >= 11 is 5.98. The molecule has 1 atom stereocenters. The predicted octanol–water partition coefficient (Wildman–Crippen LogP) is 2.60. The smallest absolute Gasteiger partial charge is 0.244 e. The van der Waals surface area contributed by atoms with E-state index in [-0.39, 0.29) is 6.54 Å². The van der Waals surface area contributed by atoms with Gasteiger partial charge in [-0.05, 0) is 36.8 Å². The van der Waals surface area contributed by atoms with Crippen molar-refractivity contribution in [3.05, 3.63) is 59.4 Å². The summed E-state index contributed by atoms with van der Waals surface area (Å²) < 4.78 is 25.7. The third-order valence-corrected chi connectivity index (χ3v) is 4.98. The summed E-state index contributed by atoms with van der Waals surface area (Å²) in [6.45, 7) is 1.98. The van der Waals surface area contributed by atoms with Crippen LogP contribution in [0.2, 0.25) is 5.02 Å². The number of sulfonamides is 1. The maximum absolute atomic E-state index is 12.6. The minimum Gasteiger partial charge on any atom is -0.349 e. The molecule has 1 unspecified atom stereocenters. The highest BCUT2D eigenvalue weighted by Crippen LogP contribution is 2.25. The molecule has 0 spiro atoms. The molecule has 134 valence electrons. The van der Waals surface area contributed by atoms with Crippen molar-refractivity contribution in [2.45, 2.75) is 25.9 Å². The summed E-state index contributed by atoms with van der Waals surface area (Å²) in [6.07, 6.45) is 3.02. The number of anilines is 1. The lowest BCUT2D eigenvalue weighted by atomic mass is 10.2. The molecule has 2 rings (SSSR count). The van der Waals surface area contributed by atoms with E-state index < -0.39 is 22.0 Å². The summed E-state index contributed by atoms with van der Waals surface area (Å²) in [6, 6.07) is 10.9. The predicted molar refractivity (Wildman–Crippen MR) is 98.9 cm³/mol. The minimum absolute atomic E-state index is 0.226. The van der Waals surface area contributed by atoms with Crippen molar-refractivity contribution in [3.8, 4) is 0 Å². The zero-order valence-corrected chi connectivity index (χ0v) is 15.6. The van der Waals surface area contributed by atoms with Gasteiger partial charge in [0.25, 0.3) is 0 Å². The standard InChI is InChI=1S/C17H20ClN3O3S/c1-3-16(17(22)20-12-14-8-4-5-10-19-14)21(25(2,23)24)15-9-6-7-13(18)11-15/h4-11,16H,3,12H2,1-2H3,(H,20,22). The summed E-state index contributed by atoms with van der Waals surface area (Å²) in [4.78, 5) is 16.8. The fourth-order valence-electron chi connectivity index (χ4n) is 2.47. The van der Waals surface area contributed by atoms with Crippen LogP contribution in [0.3, 0.4) is 0 Å². The quantitative estimate of drug-likeness (QED) is 0.799. The molecule has 0 fully saturated rings. The monoisotopic (exact) mass is 381 g/mol. The maximum atomic E-state index is 12.6. The average Bonchev–Trinajstić information content (AvgIpc) is 2.57. The molecule has 0 aliphatic heterocycles. The van der Waals surface area contributed by atoms with Crippen molar-refractivity contribution in [3.63, 3.8) is 0 Å². The van der Waals surface area contributed by atoms with Crippen molar-refractivity contribution in [2.75, 3.05) is 10.6 Å². The van der Waals surface area contributed by atoms with E-state index in [0.717, 1.165) is 10.6 Å². The van der Waals surface area contributed by atoms with Gasteiger partial charge >= 0.3 is 0 Å². The Morgan fingerprint density at radius 1 is 1.28 bits per heavy atom. The Morgan fingerprint density at radius 2 is 2.04 bits per heavy atom. The van der Waals surface area contributed by atoms with Gasteiger partial charge in [-0.2, -0.15) is 0 Å². The number of pyridine rings is 1. The van der Waals surface area contributed by atoms with Crippen molar-refractivity contribution in [2.24, 2.45) is 0 Å². The van der Waals surface area contributed by atoms with E-state index in [1.54, 1.807) is 43.5 Å². The van der Waals surface area contributed by atoms with E-state index in [2.05, 4.69) is 10.3 Å². The van der Waals surface area contributed by atoms with Gasteiger partial charge in [0.1, 0.15) is 6.04 Å². The van der Waals surface area contributed by atoms with Gasteiger partial charge in [-0.3, -0.25) is 14.1 Å². The second kappa shape index (κ2) is 8.31. The lowest BCUT2D eigenvalue weighted by molar-refractivity contribution is -0.122. The molecular formula is C17H20ClN3O3S. The van der Waals surface area contributed by atoms with Gasteiger partial charge in [0.2, 0.25) is 15.9 Å². The first-order chi connectivity index (χ1) is 11.8. The van der Waals surface area contributed by atoms with Crippen LogP contribution >= 0.6 is 11.6 Å². The number of rotatable bonds is 7. The Kier molecular flexibility index (Phi) is 6.39. The molecule has 0 aliphatic rings. The van der Waals surface area contributed by atoms with Crippen molar-refractivity contribution < 1.29 is 13.2 Å². The topological polar surface area (TPSA) is 79.4 Å². The molecule has 1 N–H and O–H groups in total. The highest BCUT2D eigenvalue weighted by molar-refractivity contribution is 7.92. The molecule has 8 heteroatoms. The van der Waals surface area contributed by atoms with E-state index >= 15 is 0 Å². The summed E-state index contributed by atoms with van der Waals surface area (Å²) in [7, 11) is -3.68. The van der Waals surface area contributed by atoms with E-state index in [4.69, 9.17) is 11.6 Å². The van der Waals surface area contributed by atoms with Gasteiger partial charge in [-0.25, -0.2) is 8.42 Å². The van der Waals surface area contributed by atoms with Gasteiger partial charge in [0.15, 0.2) is 0 Å². The second-order valence-electron chi connectivity index (χ2n) is 5.50. The molecule has 25 heavy (non-hydrogen) atoms. The Labute approximate surface area is 152 Å². The molecule has 1 aromatic heterocycles. The number of hydrogen-bond donors (Lipinski definition) is 1. The maximum Gasteiger partial charge on any atom is 0.244 e. The van der Waals surface area contributed by atoms with Crippen LogP contribution in [0.25, 0.3) is 0 Å². The molecular weight excluding hydrogens is 362 g/mol. The molecule has 0 bridgehead atoms. The van der Waals surface area contributed by atoms with E-state index in [1.807, 2.05) is 6.07 Å². The van der Waals surface area contributed by atoms with Crippen LogP contribution in [0.5, 0.6) is 0 Å². The number of amides is 1. The van der Waals surface area contributed by atoms with Crippen LogP contribution < -0.4 is 9.62 Å². The van der Waals surface area contributed by atoms with Crippen LogP contribution in [-0.4, -0.2) is 31.6 Å². The molecule has 2 aromatic rings. The number of nitrogens with zero attached hydrogens (tertiary/aromatic N) is 2. The number of hydrogen-bond acceptors (Lipinski definition) is 4. The number of halogens is 1. The number of carbonyl (C=O) groups is 1. The molecule has 0 aliphatic carbocycles. The van der Waals surface area contributed by atoms with Crippen LogP contribution in [-0.2, 0) is 21.4 Å². The fraction of sp³-hybridized carbons (Fsp3) is 0.294. The lowest BCUT2D eigenvalue weighted by Gasteiger charge is -2.30. The van der Waals surface area contributed by atoms with Crippen molar-refractivity contribution in [1.82, 2.24) is 10.3 Å². The van der Waals surface area contributed by atoms with E-state index in [0.29, 0.717) is 22.8 Å². The zero-order valence-electron chi connectivity index (χ0n) is 14.0. The SMILES string of the molecule is CCC(C(=O)NCc1ccccn1)N(c1cccc(Cl)c1)S(C)(=O)=O. The summed E-state index contributed by atoms with van der Waals surface area (Å²) in [5, 5.41) is 3.14. The third-order valence-electron chi connectivity index (χ3n) is 3.56. The van der Waals surface area contributed by atoms with Crippen molar-refractivity contribution in [1.29, 1.82) is 0 Å². The summed E-state index contributed by atoms with van der Waals surface area (Å²) in [5.41, 5.74) is 1.05. The Hall–Kier alpha value is -2.12. The number of benzene rings is 1. The Bertz CT molecular complexity index is 828. The first-order valence-electron chi connectivity index (χ1n) is 7.75. The normalized spacial score (nSPS) is 12.4. The Balaban J connectivity index is 2.25. The summed E-state index contributed by atoms with van der Waals surface area (Å²) in [5.74, 6) is -0.390. The zero-order chi connectivity index (χ0) is 18.4. The van der Waals surface area contributed by atoms with Gasteiger partial charge in [-0.15, -0.1) is 0 Å². The molecule has 0 radical (unpaired) electrons. The van der Waals surface area contributed by atoms with Crippen LogP contribution in [0.15, 0.2) is 48.7 Å². The third kappa shape index (κ3) is 5.17. The van der Waals surface area contributed by atoms with Gasteiger partial charge in [0.05, 0.1) is 24.2 Å². The average molecular weight is 382 g/mol. The van der Waals surface area contributed by atoms with Gasteiger partial charge in [-0.1, -0.05) is 30.7 Å². The molecule has 1 heterocycles. The van der Waals surface area contributed by atoms with Crippen LogP contribution in [0, 0.1) is 0 Å². The van der Waals surface area contributed by atoms with E-state index in [1.165, 1.54) is 6.07 Å². The van der Waals surface area contributed by atoms with Gasteiger partial charge < -0.3 is 5.32 Å². The fourth-order valence-corrected chi connectivity index (χ4v) is 3.86. The largest absolute Gasteiger partial charge is 0.349 e. The van der Waals surface area contributed by atoms with Gasteiger partial charge in [0, 0.05) is 11.2 Å². The minimum atomic E-state index is -3.68. The van der Waals surface area contributed by atoms with Crippen LogP contribution in [0.4, 0.5) is 5.69 Å². The number of carbonyl (C=O) groups excluding carboxylic acids is 1. The van der Waals surface area contributed by atoms with Crippen molar-refractivity contribution >= 4 is 33.2 Å². The number of aromatic nitrogens is 1. The highest BCUT2D eigenvalue weighted by Gasteiger charge is 2.31. The molecule has 1 amide bonds. The molecule has 1 aromatic carbocycles. The first kappa shape index (κ1) is 19.2. The number of nitrogens with one attached hydrogen (secondary N) is 1. The van der Waals surface area contributed by atoms with E-state index in [9.17, 15) is 13.2 Å². The first-order valence-corrected chi connectivity index (χ1v) is 9.98. The van der Waals surface area contributed by atoms with Crippen LogP contribution in [0.1, 0.15) is 19.0 Å². The molecule has 0 saturated carbocycles. The lowest BCUT2D eigenvalue weighted by Crippen LogP contribution is -2.49.